The molecule has 0 aliphatic heterocycles. The van der Waals surface area contributed by atoms with E-state index in [0.29, 0.717) is 6.61 Å². The van der Waals surface area contributed by atoms with Crippen molar-refractivity contribution in [2.75, 3.05) is 11.9 Å². The Morgan fingerprint density at radius 2 is 1.75 bits per heavy atom. The Bertz CT molecular complexity index is 779. The van der Waals surface area contributed by atoms with E-state index >= 15 is 0 Å². The third-order valence-electron chi connectivity index (χ3n) is 4.65. The molecular weight excluding hydrogens is 350 g/mol. The topological polar surface area (TPSA) is 47.6 Å². The summed E-state index contributed by atoms with van der Waals surface area (Å²) in [4.78, 5) is 12.7. The van der Waals surface area contributed by atoms with E-state index in [1.807, 2.05) is 58.9 Å². The maximum atomic E-state index is 12.7. The minimum Gasteiger partial charge on any atom is -0.493 e. The van der Waals surface area contributed by atoms with E-state index in [9.17, 15) is 4.79 Å². The number of nitrogens with one attached hydrogen (secondary N) is 1. The van der Waals surface area contributed by atoms with E-state index in [2.05, 4.69) is 30.4 Å². The molecule has 0 fully saturated rings. The second-order valence-electron chi connectivity index (χ2n) is 8.25. The molecule has 0 unspecified atom stereocenters. The number of aryl methyl sites for hydroxylation is 2. The zero-order valence-electron chi connectivity index (χ0n) is 18.0. The van der Waals surface area contributed by atoms with Gasteiger partial charge < -0.3 is 14.8 Å². The Morgan fingerprint density at radius 3 is 2.39 bits per heavy atom. The lowest BCUT2D eigenvalue weighted by molar-refractivity contribution is -0.124. The third kappa shape index (κ3) is 6.59. The lowest BCUT2D eigenvalue weighted by Gasteiger charge is -2.24. The van der Waals surface area contributed by atoms with Gasteiger partial charge >= 0.3 is 0 Å². The molecule has 152 valence electrons. The lowest BCUT2D eigenvalue weighted by Crippen LogP contribution is -2.31. The van der Waals surface area contributed by atoms with E-state index in [4.69, 9.17) is 9.47 Å². The number of carbonyl (C=O) groups is 1. The molecule has 0 aromatic heterocycles. The Balaban J connectivity index is 1.82. The molecule has 0 heterocycles. The first-order valence-corrected chi connectivity index (χ1v) is 9.95. The summed E-state index contributed by atoms with van der Waals surface area (Å²) in [7, 11) is 0. The molecule has 2 rings (SSSR count). The van der Waals surface area contributed by atoms with E-state index in [1.54, 1.807) is 0 Å². The molecule has 0 radical (unpaired) electrons. The van der Waals surface area contributed by atoms with Gasteiger partial charge in [-0.2, -0.15) is 0 Å². The van der Waals surface area contributed by atoms with Gasteiger partial charge in [0.15, 0.2) is 0 Å². The molecule has 0 aliphatic rings. The average molecular weight is 384 g/mol. The maximum Gasteiger partial charge on any atom is 0.230 e. The van der Waals surface area contributed by atoms with E-state index in [1.165, 1.54) is 5.56 Å². The fourth-order valence-electron chi connectivity index (χ4n) is 2.86. The Hall–Kier alpha value is -2.49. The molecular formula is C24H33NO3. The molecule has 0 atom stereocenters. The summed E-state index contributed by atoms with van der Waals surface area (Å²) in [5.74, 6) is 1.73. The molecule has 1 amide bonds. The van der Waals surface area contributed by atoms with Gasteiger partial charge in [-0.1, -0.05) is 26.0 Å². The third-order valence-corrected chi connectivity index (χ3v) is 4.65. The molecule has 2 aromatic rings. The summed E-state index contributed by atoms with van der Waals surface area (Å²) < 4.78 is 11.5. The number of carbonyl (C=O) groups excluding carboxylic acids is 1. The number of ether oxygens (including phenoxy) is 2. The van der Waals surface area contributed by atoms with Crippen LogP contribution in [0.3, 0.4) is 0 Å². The summed E-state index contributed by atoms with van der Waals surface area (Å²) in [5.41, 5.74) is 2.62. The number of benzene rings is 2. The highest BCUT2D eigenvalue weighted by molar-refractivity contribution is 5.94. The van der Waals surface area contributed by atoms with Crippen molar-refractivity contribution in [2.24, 2.45) is 5.41 Å². The number of anilines is 1. The first-order valence-electron chi connectivity index (χ1n) is 9.95. The molecule has 0 bridgehead atoms. The Kier molecular flexibility index (Phi) is 7.50. The minimum absolute atomic E-state index is 0.0109. The van der Waals surface area contributed by atoms with Crippen molar-refractivity contribution in [1.29, 1.82) is 0 Å². The van der Waals surface area contributed by atoms with E-state index in [-0.39, 0.29) is 12.0 Å². The molecule has 28 heavy (non-hydrogen) atoms. The Morgan fingerprint density at radius 1 is 1.07 bits per heavy atom. The highest BCUT2D eigenvalue weighted by atomic mass is 16.5. The van der Waals surface area contributed by atoms with Crippen molar-refractivity contribution in [2.45, 2.75) is 60.5 Å². The zero-order chi connectivity index (χ0) is 20.7. The van der Waals surface area contributed by atoms with Crippen LogP contribution in [0.15, 0.2) is 42.5 Å². The van der Waals surface area contributed by atoms with Gasteiger partial charge in [-0.3, -0.25) is 4.79 Å². The molecule has 2 aromatic carbocycles. The monoisotopic (exact) mass is 383 g/mol. The summed E-state index contributed by atoms with van der Waals surface area (Å²) >= 11 is 0. The molecule has 4 nitrogen and oxygen atoms in total. The van der Waals surface area contributed by atoms with E-state index in [0.717, 1.165) is 35.6 Å². The smallest absolute Gasteiger partial charge is 0.230 e. The van der Waals surface area contributed by atoms with Crippen molar-refractivity contribution in [1.82, 2.24) is 0 Å². The SMILES string of the molecule is Cc1ccc(C)c(OCCCC(C)(C)C(=O)Nc2ccc(OC(C)C)cc2)c1. The molecule has 4 heteroatoms. The largest absolute Gasteiger partial charge is 0.493 e. The maximum absolute atomic E-state index is 12.7. The lowest BCUT2D eigenvalue weighted by atomic mass is 9.87. The van der Waals surface area contributed by atoms with Gasteiger partial charge in [0.05, 0.1) is 12.7 Å². The molecule has 0 saturated carbocycles. The normalized spacial score (nSPS) is 11.4. The van der Waals surface area contributed by atoms with Crippen LogP contribution in [-0.4, -0.2) is 18.6 Å². The van der Waals surface area contributed by atoms with Crippen molar-refractivity contribution in [3.63, 3.8) is 0 Å². The van der Waals surface area contributed by atoms with Gasteiger partial charge in [0.2, 0.25) is 5.91 Å². The first kappa shape index (κ1) is 21.8. The average Bonchev–Trinajstić information content (AvgIpc) is 2.62. The van der Waals surface area contributed by atoms with Gasteiger partial charge in [-0.15, -0.1) is 0 Å². The zero-order valence-corrected chi connectivity index (χ0v) is 18.0. The van der Waals surface area contributed by atoms with Gasteiger partial charge in [-0.05, 0) is 82.0 Å². The molecule has 0 spiro atoms. The molecule has 0 saturated heterocycles. The second-order valence-corrected chi connectivity index (χ2v) is 8.25. The fourth-order valence-corrected chi connectivity index (χ4v) is 2.86. The number of rotatable bonds is 9. The van der Waals surface area contributed by atoms with Crippen LogP contribution in [0.5, 0.6) is 11.5 Å². The summed E-state index contributed by atoms with van der Waals surface area (Å²) in [6.45, 7) is 12.6. The van der Waals surface area contributed by atoms with Crippen molar-refractivity contribution in [3.05, 3.63) is 53.6 Å². The van der Waals surface area contributed by atoms with Crippen LogP contribution in [0.4, 0.5) is 5.69 Å². The van der Waals surface area contributed by atoms with Crippen molar-refractivity contribution >= 4 is 11.6 Å². The highest BCUT2D eigenvalue weighted by Gasteiger charge is 2.27. The summed E-state index contributed by atoms with van der Waals surface area (Å²) in [5, 5.41) is 3.00. The van der Waals surface area contributed by atoms with Gasteiger partial charge in [0.25, 0.3) is 0 Å². The van der Waals surface area contributed by atoms with E-state index < -0.39 is 5.41 Å². The van der Waals surface area contributed by atoms with Crippen LogP contribution < -0.4 is 14.8 Å². The number of hydrogen-bond acceptors (Lipinski definition) is 3. The number of amides is 1. The standard InChI is InChI=1S/C24H33NO3/c1-17(2)28-21-12-10-20(11-13-21)25-23(26)24(5,6)14-7-15-27-22-16-18(3)8-9-19(22)4/h8-13,16-17H,7,14-15H2,1-6H3,(H,25,26). The van der Waals surface area contributed by atoms with Gasteiger partial charge in [-0.25, -0.2) is 0 Å². The summed E-state index contributed by atoms with van der Waals surface area (Å²) in [6.07, 6.45) is 1.69. The van der Waals surface area contributed by atoms with Crippen LogP contribution in [0.1, 0.15) is 51.7 Å². The predicted octanol–water partition coefficient (Wildman–Crippen LogP) is 5.91. The second kappa shape index (κ2) is 9.63. The summed E-state index contributed by atoms with van der Waals surface area (Å²) in [6, 6.07) is 13.7. The minimum atomic E-state index is -0.474. The van der Waals surface area contributed by atoms with Crippen LogP contribution >= 0.6 is 0 Å². The first-order chi connectivity index (χ1) is 13.2. The highest BCUT2D eigenvalue weighted by Crippen LogP contribution is 2.26. The van der Waals surface area contributed by atoms with Crippen molar-refractivity contribution < 1.29 is 14.3 Å². The molecule has 0 aliphatic carbocycles. The van der Waals surface area contributed by atoms with Crippen LogP contribution in [0.2, 0.25) is 0 Å². The quantitative estimate of drug-likeness (QED) is 0.547. The van der Waals surface area contributed by atoms with Gasteiger partial charge in [0.1, 0.15) is 11.5 Å². The van der Waals surface area contributed by atoms with Crippen LogP contribution in [0.25, 0.3) is 0 Å². The van der Waals surface area contributed by atoms with Crippen molar-refractivity contribution in [3.8, 4) is 11.5 Å². The van der Waals surface area contributed by atoms with Crippen LogP contribution in [-0.2, 0) is 4.79 Å². The molecule has 1 N–H and O–H groups in total. The Labute approximate surface area is 169 Å². The predicted molar refractivity (Wildman–Crippen MR) is 115 cm³/mol. The van der Waals surface area contributed by atoms with Gasteiger partial charge in [0, 0.05) is 11.1 Å². The van der Waals surface area contributed by atoms with Crippen LogP contribution in [0, 0.1) is 19.3 Å². The number of hydrogen-bond donors (Lipinski definition) is 1. The fraction of sp³-hybridized carbons (Fsp3) is 0.458.